The van der Waals surface area contributed by atoms with Gasteiger partial charge in [0, 0.05) is 0 Å². The van der Waals surface area contributed by atoms with Crippen molar-refractivity contribution in [2.24, 2.45) is 0 Å². The van der Waals surface area contributed by atoms with Gasteiger partial charge in [0.2, 0.25) is 6.79 Å². The fraction of sp³-hybridized carbons (Fsp3) is 0.357. The summed E-state index contributed by atoms with van der Waals surface area (Å²) in [5, 5.41) is 0. The quantitative estimate of drug-likeness (QED) is 0.120. The van der Waals surface area contributed by atoms with E-state index in [1.165, 1.54) is 13.8 Å². The van der Waals surface area contributed by atoms with Crippen molar-refractivity contribution in [3.05, 3.63) is 83.9 Å². The molecule has 41 heavy (non-hydrogen) atoms. The van der Waals surface area contributed by atoms with Gasteiger partial charge in [-0.15, -0.1) is 8.78 Å². The second-order valence-electron chi connectivity index (χ2n) is 7.93. The number of carbonyl (C=O) groups excluding carboxylic acids is 2. The fourth-order valence-corrected chi connectivity index (χ4v) is 2.59. The van der Waals surface area contributed by atoms with Crippen molar-refractivity contribution < 1.29 is 59.6 Å². The van der Waals surface area contributed by atoms with Crippen LogP contribution in [0.25, 0.3) is 12.2 Å². The first kappa shape index (κ1) is 35.3. The van der Waals surface area contributed by atoms with Crippen LogP contribution in [0.5, 0.6) is 0 Å². The fourth-order valence-electron chi connectivity index (χ4n) is 2.59. The second kappa shape index (κ2) is 16.6. The lowest BCUT2D eigenvalue weighted by molar-refractivity contribution is -0.526. The summed E-state index contributed by atoms with van der Waals surface area (Å²) < 4.78 is 96.0. The van der Waals surface area contributed by atoms with Gasteiger partial charge in [-0.3, -0.25) is 4.74 Å². The number of benzene rings is 2. The van der Waals surface area contributed by atoms with Crippen LogP contribution in [0.1, 0.15) is 58.5 Å². The topological polar surface area (TPSA) is 80.3 Å². The van der Waals surface area contributed by atoms with Crippen LogP contribution in [0.4, 0.5) is 26.3 Å². The summed E-state index contributed by atoms with van der Waals surface area (Å²) in [7, 11) is 0. The lowest BCUT2D eigenvalue weighted by Gasteiger charge is -2.28. The Morgan fingerprint density at radius 2 is 1.07 bits per heavy atom. The molecule has 0 aliphatic heterocycles. The molecular formula is C28H30F6O7. The molecule has 0 saturated heterocycles. The molecule has 0 radical (unpaired) electrons. The Hall–Kier alpha value is -3.68. The van der Waals surface area contributed by atoms with Crippen molar-refractivity contribution in [1.29, 1.82) is 0 Å². The van der Waals surface area contributed by atoms with E-state index >= 15 is 0 Å². The van der Waals surface area contributed by atoms with Gasteiger partial charge in [0.1, 0.15) is 0 Å². The van der Waals surface area contributed by atoms with Gasteiger partial charge in [0.05, 0.1) is 24.3 Å². The number of carbonyl (C=O) groups is 2. The van der Waals surface area contributed by atoms with E-state index in [1.54, 1.807) is 60.7 Å². The summed E-state index contributed by atoms with van der Waals surface area (Å²) in [6.45, 7) is 8.29. The van der Waals surface area contributed by atoms with E-state index in [2.05, 4.69) is 27.4 Å². The molecule has 2 rings (SSSR count). The zero-order valence-corrected chi connectivity index (χ0v) is 22.3. The third kappa shape index (κ3) is 12.2. The van der Waals surface area contributed by atoms with Crippen molar-refractivity contribution in [1.82, 2.24) is 0 Å². The normalized spacial score (nSPS) is 11.6. The summed E-state index contributed by atoms with van der Waals surface area (Å²) in [5.41, 5.74) is 2.55. The van der Waals surface area contributed by atoms with Crippen LogP contribution in [0.2, 0.25) is 0 Å². The minimum absolute atomic E-state index is 0.00833. The van der Waals surface area contributed by atoms with E-state index < -0.39 is 50.5 Å². The number of rotatable bonds is 15. The monoisotopic (exact) mass is 592 g/mol. The summed E-state index contributed by atoms with van der Waals surface area (Å²) in [6.07, 6.45) is -12.1. The molecule has 0 saturated carbocycles. The maximum Gasteiger partial charge on any atom is 0.490 e. The third-order valence-corrected chi connectivity index (χ3v) is 4.69. The van der Waals surface area contributed by atoms with E-state index in [-0.39, 0.29) is 12.8 Å². The molecule has 0 spiro atoms. The molecule has 7 nitrogen and oxygen atoms in total. The Balaban J connectivity index is 0.000000425. The van der Waals surface area contributed by atoms with E-state index in [1.807, 2.05) is 0 Å². The van der Waals surface area contributed by atoms with Gasteiger partial charge in [-0.2, -0.15) is 17.6 Å². The minimum atomic E-state index is -5.50. The molecule has 0 aromatic heterocycles. The van der Waals surface area contributed by atoms with Gasteiger partial charge in [-0.05, 0) is 48.2 Å². The van der Waals surface area contributed by atoms with E-state index in [0.717, 1.165) is 11.1 Å². The number of ether oxygens (including phenoxy) is 5. The number of alkyl halides is 6. The highest BCUT2D eigenvalue weighted by Crippen LogP contribution is 2.40. The van der Waals surface area contributed by atoms with Crippen molar-refractivity contribution in [2.75, 3.05) is 20.0 Å². The highest BCUT2D eigenvalue weighted by molar-refractivity contribution is 5.91. The Labute approximate surface area is 233 Å². The number of halogens is 6. The maximum atomic E-state index is 12.8. The zero-order valence-electron chi connectivity index (χ0n) is 22.3. The molecule has 0 unspecified atom stereocenters. The molecule has 226 valence electrons. The average molecular weight is 593 g/mol. The standard InChI is InChI=1S/C19H16O4.C9H14F6O3/c1-3-14-5-9-16(10-6-14)18(20)22-13-23-19(21)17-11-7-15(4-2)8-12-17;1-3-5-16-7(10,11)8(12,13)18-9(14,15)17-6-4-2/h3-12H,1-2,13H2;3-6H2,1-2H3. The SMILES string of the molecule is C=Cc1ccc(C(=O)OCOC(=O)c2ccc(C=C)cc2)cc1.CCCOC(F)(F)OC(F)(F)C(F)(F)OCCC. The van der Waals surface area contributed by atoms with Crippen molar-refractivity contribution in [2.45, 2.75) is 45.2 Å². The summed E-state index contributed by atoms with van der Waals surface area (Å²) >= 11 is 0. The summed E-state index contributed by atoms with van der Waals surface area (Å²) in [5.74, 6) is -1.12. The molecule has 13 heteroatoms. The van der Waals surface area contributed by atoms with Crippen LogP contribution in [0, 0.1) is 0 Å². The molecule has 0 aliphatic carbocycles. The molecule has 0 heterocycles. The highest BCUT2D eigenvalue weighted by Gasteiger charge is 2.64. The van der Waals surface area contributed by atoms with Gasteiger partial charge < -0.3 is 14.2 Å². The van der Waals surface area contributed by atoms with Crippen LogP contribution in [-0.4, -0.2) is 50.5 Å². The van der Waals surface area contributed by atoms with Crippen LogP contribution >= 0.6 is 0 Å². The molecule has 0 amide bonds. The predicted octanol–water partition coefficient (Wildman–Crippen LogP) is 7.54. The van der Waals surface area contributed by atoms with Gasteiger partial charge in [0.25, 0.3) is 0 Å². The first-order valence-corrected chi connectivity index (χ1v) is 12.1. The Kier molecular flexibility index (Phi) is 14.3. The highest BCUT2D eigenvalue weighted by atomic mass is 19.3. The summed E-state index contributed by atoms with van der Waals surface area (Å²) in [6, 6.07) is 13.5. The molecule has 0 fully saturated rings. The lowest BCUT2D eigenvalue weighted by atomic mass is 10.1. The molecule has 0 bridgehead atoms. The molecule has 0 N–H and O–H groups in total. The first-order valence-electron chi connectivity index (χ1n) is 12.1. The molecule has 2 aromatic rings. The average Bonchev–Trinajstić information content (AvgIpc) is 2.94. The third-order valence-electron chi connectivity index (χ3n) is 4.69. The Morgan fingerprint density at radius 3 is 1.44 bits per heavy atom. The largest absolute Gasteiger partial charge is 0.490 e. The van der Waals surface area contributed by atoms with Crippen LogP contribution in [-0.2, 0) is 23.7 Å². The number of hydrogen-bond acceptors (Lipinski definition) is 7. The van der Waals surface area contributed by atoms with Crippen molar-refractivity contribution >= 4 is 24.1 Å². The van der Waals surface area contributed by atoms with Gasteiger partial charge in [-0.25, -0.2) is 14.3 Å². The molecular weight excluding hydrogens is 562 g/mol. The lowest BCUT2D eigenvalue weighted by Crippen LogP contribution is -2.49. The number of hydrogen-bond donors (Lipinski definition) is 0. The van der Waals surface area contributed by atoms with E-state index in [0.29, 0.717) is 11.1 Å². The maximum absolute atomic E-state index is 12.8. The molecule has 0 aliphatic rings. The van der Waals surface area contributed by atoms with Crippen molar-refractivity contribution in [3.8, 4) is 0 Å². The minimum Gasteiger partial charge on any atom is -0.424 e. The van der Waals surface area contributed by atoms with Gasteiger partial charge in [-0.1, -0.05) is 63.4 Å². The Morgan fingerprint density at radius 1 is 0.683 bits per heavy atom. The van der Waals surface area contributed by atoms with Crippen molar-refractivity contribution in [3.63, 3.8) is 0 Å². The Bertz CT molecular complexity index is 1060. The van der Waals surface area contributed by atoms with E-state index in [9.17, 15) is 35.9 Å². The van der Waals surface area contributed by atoms with E-state index in [4.69, 9.17) is 9.47 Å². The smallest absolute Gasteiger partial charge is 0.424 e. The van der Waals surface area contributed by atoms with Crippen LogP contribution in [0.15, 0.2) is 61.7 Å². The zero-order chi connectivity index (χ0) is 31.1. The van der Waals surface area contributed by atoms with Gasteiger partial charge >= 0.3 is 30.5 Å². The number of esters is 2. The first-order chi connectivity index (χ1) is 19.2. The van der Waals surface area contributed by atoms with Crippen LogP contribution < -0.4 is 0 Å². The molecule has 0 atom stereocenters. The summed E-state index contributed by atoms with van der Waals surface area (Å²) in [4.78, 5) is 23.6. The van der Waals surface area contributed by atoms with Crippen LogP contribution in [0.3, 0.4) is 0 Å². The predicted molar refractivity (Wildman–Crippen MR) is 137 cm³/mol. The van der Waals surface area contributed by atoms with Gasteiger partial charge in [0.15, 0.2) is 0 Å². The molecule has 2 aromatic carbocycles. The second-order valence-corrected chi connectivity index (χ2v) is 7.93.